The van der Waals surface area contributed by atoms with E-state index in [-0.39, 0.29) is 0 Å². The fourth-order valence-corrected chi connectivity index (χ4v) is 2.49. The molecule has 0 unspecified atom stereocenters. The molecule has 0 aliphatic rings. The lowest BCUT2D eigenvalue weighted by Gasteiger charge is -2.07. The topological polar surface area (TPSA) is 24.9 Å². The van der Waals surface area contributed by atoms with Crippen LogP contribution in [0.2, 0.25) is 9.36 Å². The summed E-state index contributed by atoms with van der Waals surface area (Å²) >= 11 is 13.2. The molecule has 1 N–H and O–H groups in total. The van der Waals surface area contributed by atoms with Gasteiger partial charge in [-0.2, -0.15) is 0 Å². The third-order valence-electron chi connectivity index (χ3n) is 2.14. The highest BCUT2D eigenvalue weighted by Gasteiger charge is 2.02. The molecule has 2 aromatic rings. The summed E-state index contributed by atoms with van der Waals surface area (Å²) in [5, 5.41) is 5.02. The first-order valence-electron chi connectivity index (χ1n) is 4.75. The van der Waals surface area contributed by atoms with E-state index in [1.165, 1.54) is 11.3 Å². The third-order valence-corrected chi connectivity index (χ3v) is 3.49. The van der Waals surface area contributed by atoms with E-state index in [0.717, 1.165) is 21.3 Å². The molecule has 0 radical (unpaired) electrons. The molecule has 2 nitrogen and oxygen atoms in total. The Morgan fingerprint density at radius 2 is 2.19 bits per heavy atom. The monoisotopic (exact) mass is 272 g/mol. The van der Waals surface area contributed by atoms with Gasteiger partial charge in [0, 0.05) is 10.7 Å². The van der Waals surface area contributed by atoms with Crippen molar-refractivity contribution in [2.45, 2.75) is 13.5 Å². The van der Waals surface area contributed by atoms with Gasteiger partial charge in [0.1, 0.15) is 9.34 Å². The second kappa shape index (κ2) is 5.04. The van der Waals surface area contributed by atoms with Gasteiger partial charge in [0.15, 0.2) is 0 Å². The Kier molecular flexibility index (Phi) is 3.69. The van der Waals surface area contributed by atoms with E-state index in [9.17, 15) is 0 Å². The number of anilines is 1. The minimum absolute atomic E-state index is 0.680. The van der Waals surface area contributed by atoms with Crippen LogP contribution >= 0.6 is 34.5 Å². The average Bonchev–Trinajstić information content (AvgIpc) is 2.63. The number of hydrogen-bond donors (Lipinski definition) is 1. The van der Waals surface area contributed by atoms with Crippen LogP contribution in [0.25, 0.3) is 0 Å². The van der Waals surface area contributed by atoms with Gasteiger partial charge in [0.25, 0.3) is 0 Å². The second-order valence-electron chi connectivity index (χ2n) is 3.37. The quantitative estimate of drug-likeness (QED) is 0.898. The first kappa shape index (κ1) is 11.7. The Balaban J connectivity index is 2.04. The molecule has 0 bridgehead atoms. The van der Waals surface area contributed by atoms with Crippen LogP contribution in [0.3, 0.4) is 0 Å². The molecule has 1 aromatic heterocycles. The average molecular weight is 273 g/mol. The summed E-state index contributed by atoms with van der Waals surface area (Å²) in [6.45, 7) is 2.70. The lowest BCUT2D eigenvalue weighted by Crippen LogP contribution is -2.00. The molecule has 0 saturated heterocycles. The first-order valence-corrected chi connectivity index (χ1v) is 6.32. The molecule has 0 atom stereocenters. The molecule has 2 rings (SSSR count). The molecule has 84 valence electrons. The number of nitrogens with zero attached hydrogens (tertiary/aromatic N) is 1. The van der Waals surface area contributed by atoms with Gasteiger partial charge in [-0.15, -0.1) is 11.3 Å². The minimum atomic E-state index is 0.680. The highest BCUT2D eigenvalue weighted by atomic mass is 35.5. The van der Waals surface area contributed by atoms with Gasteiger partial charge in [-0.25, -0.2) is 4.98 Å². The molecular weight excluding hydrogens is 263 g/mol. The standard InChI is InChI=1S/C11H10Cl2N2S/c1-7-4-8(12)2-3-9(7)14-6-11-15-5-10(13)16-11/h2-5,14H,6H2,1H3. The van der Waals surface area contributed by atoms with E-state index in [1.807, 2.05) is 25.1 Å². The molecule has 0 spiro atoms. The zero-order valence-electron chi connectivity index (χ0n) is 8.63. The van der Waals surface area contributed by atoms with E-state index in [4.69, 9.17) is 23.2 Å². The van der Waals surface area contributed by atoms with Crippen molar-refractivity contribution in [3.8, 4) is 0 Å². The largest absolute Gasteiger partial charge is 0.378 e. The zero-order valence-corrected chi connectivity index (χ0v) is 11.0. The molecule has 0 aliphatic carbocycles. The van der Waals surface area contributed by atoms with Gasteiger partial charge in [0.2, 0.25) is 0 Å². The maximum Gasteiger partial charge on any atom is 0.113 e. The molecule has 0 saturated carbocycles. The SMILES string of the molecule is Cc1cc(Cl)ccc1NCc1ncc(Cl)s1. The predicted molar refractivity (Wildman–Crippen MR) is 70.6 cm³/mol. The Morgan fingerprint density at radius 3 is 2.81 bits per heavy atom. The number of hydrogen-bond acceptors (Lipinski definition) is 3. The van der Waals surface area contributed by atoms with Crippen molar-refractivity contribution in [2.24, 2.45) is 0 Å². The summed E-state index contributed by atoms with van der Waals surface area (Å²) in [6, 6.07) is 5.76. The number of halogens is 2. The van der Waals surface area contributed by atoms with Gasteiger partial charge in [-0.1, -0.05) is 23.2 Å². The van der Waals surface area contributed by atoms with Crippen molar-refractivity contribution < 1.29 is 0 Å². The fraction of sp³-hybridized carbons (Fsp3) is 0.182. The Labute approximate surface area is 108 Å². The Bertz CT molecular complexity index is 496. The maximum absolute atomic E-state index is 5.88. The van der Waals surface area contributed by atoms with Crippen LogP contribution < -0.4 is 5.32 Å². The number of aromatic nitrogens is 1. The van der Waals surface area contributed by atoms with Gasteiger partial charge >= 0.3 is 0 Å². The van der Waals surface area contributed by atoms with E-state index in [0.29, 0.717) is 10.9 Å². The third kappa shape index (κ3) is 2.88. The number of nitrogens with one attached hydrogen (secondary N) is 1. The van der Waals surface area contributed by atoms with Crippen molar-refractivity contribution in [3.63, 3.8) is 0 Å². The van der Waals surface area contributed by atoms with Crippen molar-refractivity contribution in [1.29, 1.82) is 0 Å². The van der Waals surface area contributed by atoms with E-state index >= 15 is 0 Å². The number of thiazole rings is 1. The summed E-state index contributed by atoms with van der Waals surface area (Å²) in [5.41, 5.74) is 2.19. The van der Waals surface area contributed by atoms with Gasteiger partial charge < -0.3 is 5.32 Å². The van der Waals surface area contributed by atoms with E-state index < -0.39 is 0 Å². The number of rotatable bonds is 3. The molecule has 0 amide bonds. The lowest BCUT2D eigenvalue weighted by molar-refractivity contribution is 1.10. The summed E-state index contributed by atoms with van der Waals surface area (Å²) < 4.78 is 0.713. The first-order chi connectivity index (χ1) is 7.65. The highest BCUT2D eigenvalue weighted by molar-refractivity contribution is 7.15. The molecule has 1 aromatic carbocycles. The van der Waals surface area contributed by atoms with E-state index in [1.54, 1.807) is 6.20 Å². The fourth-order valence-electron chi connectivity index (χ4n) is 1.37. The van der Waals surface area contributed by atoms with Crippen LogP contribution in [0.1, 0.15) is 10.6 Å². The minimum Gasteiger partial charge on any atom is -0.378 e. The van der Waals surface area contributed by atoms with E-state index in [2.05, 4.69) is 10.3 Å². The zero-order chi connectivity index (χ0) is 11.5. The molecular formula is C11H10Cl2N2S. The summed E-state index contributed by atoms with van der Waals surface area (Å²) in [5.74, 6) is 0. The van der Waals surface area contributed by atoms with Crippen LogP contribution in [0.4, 0.5) is 5.69 Å². The molecule has 1 heterocycles. The van der Waals surface area contributed by atoms with Crippen LogP contribution in [-0.4, -0.2) is 4.98 Å². The van der Waals surface area contributed by atoms with Gasteiger partial charge in [-0.05, 0) is 30.7 Å². The molecule has 0 fully saturated rings. The Morgan fingerprint density at radius 1 is 1.38 bits per heavy atom. The summed E-state index contributed by atoms with van der Waals surface area (Å²) in [4.78, 5) is 4.18. The molecule has 5 heteroatoms. The van der Waals surface area contributed by atoms with Crippen LogP contribution in [0.5, 0.6) is 0 Å². The van der Waals surface area contributed by atoms with Crippen molar-refractivity contribution in [1.82, 2.24) is 4.98 Å². The van der Waals surface area contributed by atoms with Crippen LogP contribution in [-0.2, 0) is 6.54 Å². The molecule has 16 heavy (non-hydrogen) atoms. The van der Waals surface area contributed by atoms with Gasteiger partial charge in [-0.3, -0.25) is 0 Å². The number of aryl methyl sites for hydroxylation is 1. The predicted octanol–water partition coefficient (Wildman–Crippen LogP) is 4.37. The second-order valence-corrected chi connectivity index (χ2v) is 5.55. The summed E-state index contributed by atoms with van der Waals surface area (Å²) in [7, 11) is 0. The smallest absolute Gasteiger partial charge is 0.113 e. The number of benzene rings is 1. The van der Waals surface area contributed by atoms with Gasteiger partial charge in [0.05, 0.1) is 12.7 Å². The highest BCUT2D eigenvalue weighted by Crippen LogP contribution is 2.22. The maximum atomic E-state index is 5.88. The Hall–Kier alpha value is -0.770. The molecule has 0 aliphatic heterocycles. The van der Waals surface area contributed by atoms with Crippen molar-refractivity contribution in [2.75, 3.05) is 5.32 Å². The van der Waals surface area contributed by atoms with Crippen molar-refractivity contribution in [3.05, 3.63) is 44.3 Å². The van der Waals surface area contributed by atoms with Crippen LogP contribution in [0, 0.1) is 6.92 Å². The lowest BCUT2D eigenvalue weighted by atomic mass is 10.2. The summed E-state index contributed by atoms with van der Waals surface area (Å²) in [6.07, 6.45) is 1.66. The normalized spacial score (nSPS) is 10.4. The van der Waals surface area contributed by atoms with Crippen molar-refractivity contribution >= 4 is 40.2 Å². The van der Waals surface area contributed by atoms with Crippen LogP contribution in [0.15, 0.2) is 24.4 Å².